The average molecular weight is 419 g/mol. The van der Waals surface area contributed by atoms with Gasteiger partial charge in [0, 0.05) is 19.1 Å². The molecule has 0 amide bonds. The van der Waals surface area contributed by atoms with Gasteiger partial charge in [-0.3, -0.25) is 4.90 Å². The minimum atomic E-state index is -5.08. The first-order valence-corrected chi connectivity index (χ1v) is 8.24. The molecule has 5 nitrogen and oxygen atoms in total. The van der Waals surface area contributed by atoms with Crippen LogP contribution >= 0.6 is 0 Å². The topological polar surface area (TPSA) is 70.0 Å². The fourth-order valence-electron chi connectivity index (χ4n) is 2.03. The number of carboxylic acids is 1. The first-order chi connectivity index (χ1) is 12.8. The number of benzene rings is 1. The van der Waals surface area contributed by atoms with Crippen LogP contribution in [0.2, 0.25) is 0 Å². The molecule has 0 fully saturated rings. The predicted molar refractivity (Wildman–Crippen MR) is 89.0 cm³/mol. The van der Waals surface area contributed by atoms with Crippen molar-refractivity contribution in [2.24, 2.45) is 0 Å². The Morgan fingerprint density at radius 1 is 1.11 bits per heavy atom. The van der Waals surface area contributed by atoms with Crippen molar-refractivity contribution in [3.05, 3.63) is 29.8 Å². The summed E-state index contributed by atoms with van der Waals surface area (Å²) < 4.78 is 75.3. The van der Waals surface area contributed by atoms with E-state index in [9.17, 15) is 26.3 Å². The van der Waals surface area contributed by atoms with E-state index in [0.717, 1.165) is 6.07 Å². The maximum Gasteiger partial charge on any atom is 0.490 e. The minimum Gasteiger partial charge on any atom is -0.493 e. The standard InChI is InChI=1S/C15H22F3NO2.C2HF3O2/c1-12(2)19(9-10-20)8-5-11-21-14-7-4-3-6-13(14)15(16,17)18;3-2(4,5)1(6)7/h3-4,6-7,12,20H,5,8-11H2,1-2H3;(H,6,7). The molecule has 0 aliphatic carbocycles. The molecule has 1 aromatic rings. The van der Waals surface area contributed by atoms with E-state index in [1.807, 2.05) is 13.8 Å². The van der Waals surface area contributed by atoms with Gasteiger partial charge in [0.2, 0.25) is 0 Å². The highest BCUT2D eigenvalue weighted by atomic mass is 19.4. The van der Waals surface area contributed by atoms with Crippen molar-refractivity contribution in [2.45, 2.75) is 38.7 Å². The molecule has 0 bridgehead atoms. The van der Waals surface area contributed by atoms with Crippen LogP contribution in [0.3, 0.4) is 0 Å². The first-order valence-electron chi connectivity index (χ1n) is 8.24. The SMILES string of the molecule is CC(C)N(CCO)CCCOc1ccccc1C(F)(F)F.O=C(O)C(F)(F)F. The van der Waals surface area contributed by atoms with Gasteiger partial charge in [0.25, 0.3) is 0 Å². The second kappa shape index (κ2) is 11.7. The zero-order valence-electron chi connectivity index (χ0n) is 15.3. The highest BCUT2D eigenvalue weighted by Gasteiger charge is 2.38. The second-order valence-electron chi connectivity index (χ2n) is 5.85. The van der Waals surface area contributed by atoms with Gasteiger partial charge in [-0.1, -0.05) is 12.1 Å². The minimum absolute atomic E-state index is 0.0654. The number of rotatable bonds is 8. The summed E-state index contributed by atoms with van der Waals surface area (Å²) in [5, 5.41) is 16.1. The zero-order chi connectivity index (χ0) is 22.0. The molecule has 0 aliphatic heterocycles. The highest BCUT2D eigenvalue weighted by Crippen LogP contribution is 2.35. The van der Waals surface area contributed by atoms with Crippen LogP contribution in [0.1, 0.15) is 25.8 Å². The van der Waals surface area contributed by atoms with E-state index < -0.39 is 23.9 Å². The Kier molecular flexibility index (Phi) is 10.9. The van der Waals surface area contributed by atoms with E-state index in [0.29, 0.717) is 19.5 Å². The molecule has 0 radical (unpaired) electrons. The van der Waals surface area contributed by atoms with Gasteiger partial charge in [-0.05, 0) is 32.4 Å². The van der Waals surface area contributed by atoms with E-state index in [-0.39, 0.29) is 25.0 Å². The van der Waals surface area contributed by atoms with Crippen molar-refractivity contribution in [1.82, 2.24) is 4.90 Å². The van der Waals surface area contributed by atoms with E-state index >= 15 is 0 Å². The molecular formula is C17H23F6NO4. The molecule has 0 aromatic heterocycles. The average Bonchev–Trinajstić information content (AvgIpc) is 2.56. The van der Waals surface area contributed by atoms with Crippen molar-refractivity contribution >= 4 is 5.97 Å². The number of nitrogens with zero attached hydrogens (tertiary/aromatic N) is 1. The first kappa shape index (κ1) is 26.0. The number of alkyl halides is 6. The van der Waals surface area contributed by atoms with Crippen LogP contribution in [0.5, 0.6) is 5.75 Å². The van der Waals surface area contributed by atoms with Crippen molar-refractivity contribution in [3.63, 3.8) is 0 Å². The van der Waals surface area contributed by atoms with Crippen molar-refractivity contribution < 1.29 is 46.1 Å². The Hall–Kier alpha value is -2.01. The molecule has 0 heterocycles. The molecule has 0 atom stereocenters. The molecule has 0 aliphatic rings. The number of ether oxygens (including phenoxy) is 1. The highest BCUT2D eigenvalue weighted by molar-refractivity contribution is 5.73. The summed E-state index contributed by atoms with van der Waals surface area (Å²) in [6.07, 6.45) is -8.89. The lowest BCUT2D eigenvalue weighted by molar-refractivity contribution is -0.192. The molecule has 2 N–H and O–H groups in total. The number of carbonyl (C=O) groups is 1. The summed E-state index contributed by atoms with van der Waals surface area (Å²) >= 11 is 0. The number of aliphatic hydroxyl groups excluding tert-OH is 1. The Morgan fingerprint density at radius 3 is 2.07 bits per heavy atom. The fraction of sp³-hybridized carbons (Fsp3) is 0.588. The van der Waals surface area contributed by atoms with Crippen LogP contribution in [0.15, 0.2) is 24.3 Å². The van der Waals surface area contributed by atoms with Gasteiger partial charge in [-0.2, -0.15) is 26.3 Å². The number of hydrogen-bond acceptors (Lipinski definition) is 4. The third kappa shape index (κ3) is 10.4. The number of carboxylic acid groups (broad SMARTS) is 1. The summed E-state index contributed by atoms with van der Waals surface area (Å²) in [5.41, 5.74) is -0.749. The van der Waals surface area contributed by atoms with Gasteiger partial charge in [0.15, 0.2) is 0 Å². The molecule has 162 valence electrons. The van der Waals surface area contributed by atoms with Crippen LogP contribution in [0.25, 0.3) is 0 Å². The summed E-state index contributed by atoms with van der Waals surface area (Å²) in [7, 11) is 0. The monoisotopic (exact) mass is 419 g/mol. The number of hydrogen-bond donors (Lipinski definition) is 2. The molecule has 1 aromatic carbocycles. The van der Waals surface area contributed by atoms with Crippen LogP contribution in [0.4, 0.5) is 26.3 Å². The molecule has 11 heteroatoms. The van der Waals surface area contributed by atoms with Gasteiger partial charge >= 0.3 is 18.3 Å². The Morgan fingerprint density at radius 2 is 1.64 bits per heavy atom. The van der Waals surface area contributed by atoms with Gasteiger partial charge in [0.1, 0.15) is 5.75 Å². The predicted octanol–water partition coefficient (Wildman–Crippen LogP) is 3.81. The lowest BCUT2D eigenvalue weighted by Crippen LogP contribution is -2.34. The van der Waals surface area contributed by atoms with Crippen LogP contribution in [-0.4, -0.2) is 59.6 Å². The Bertz CT molecular complexity index is 590. The molecular weight excluding hydrogens is 396 g/mol. The normalized spacial score (nSPS) is 12.0. The van der Waals surface area contributed by atoms with E-state index in [1.165, 1.54) is 18.2 Å². The molecule has 28 heavy (non-hydrogen) atoms. The van der Waals surface area contributed by atoms with Gasteiger partial charge in [0.05, 0.1) is 18.8 Å². The van der Waals surface area contributed by atoms with Gasteiger partial charge < -0.3 is 14.9 Å². The molecule has 0 spiro atoms. The largest absolute Gasteiger partial charge is 0.493 e. The van der Waals surface area contributed by atoms with Crippen molar-refractivity contribution in [3.8, 4) is 5.75 Å². The molecule has 0 unspecified atom stereocenters. The number of halogens is 6. The summed E-state index contributed by atoms with van der Waals surface area (Å²) in [6.45, 7) is 5.52. The lowest BCUT2D eigenvalue weighted by atomic mass is 10.2. The van der Waals surface area contributed by atoms with Crippen LogP contribution in [-0.2, 0) is 11.0 Å². The van der Waals surface area contributed by atoms with Crippen LogP contribution in [0, 0.1) is 0 Å². The number of aliphatic hydroxyl groups is 1. The van der Waals surface area contributed by atoms with E-state index in [1.54, 1.807) is 0 Å². The fourth-order valence-corrected chi connectivity index (χ4v) is 2.03. The Balaban J connectivity index is 0.000000887. The third-order valence-corrected chi connectivity index (χ3v) is 3.40. The summed E-state index contributed by atoms with van der Waals surface area (Å²) in [5.74, 6) is -2.89. The van der Waals surface area contributed by atoms with Gasteiger partial charge in [-0.25, -0.2) is 4.79 Å². The zero-order valence-corrected chi connectivity index (χ0v) is 15.3. The van der Waals surface area contributed by atoms with E-state index in [2.05, 4.69) is 4.90 Å². The summed E-state index contributed by atoms with van der Waals surface area (Å²) in [4.78, 5) is 11.0. The second-order valence-corrected chi connectivity index (χ2v) is 5.85. The Labute approximate surface area is 158 Å². The van der Waals surface area contributed by atoms with Crippen molar-refractivity contribution in [1.29, 1.82) is 0 Å². The molecule has 0 saturated heterocycles. The van der Waals surface area contributed by atoms with Gasteiger partial charge in [-0.15, -0.1) is 0 Å². The third-order valence-electron chi connectivity index (χ3n) is 3.40. The van der Waals surface area contributed by atoms with Crippen molar-refractivity contribution in [2.75, 3.05) is 26.3 Å². The smallest absolute Gasteiger partial charge is 0.490 e. The lowest BCUT2D eigenvalue weighted by Gasteiger charge is -2.25. The maximum absolute atomic E-state index is 12.8. The summed E-state index contributed by atoms with van der Waals surface area (Å²) in [6, 6.07) is 5.49. The molecule has 0 saturated carbocycles. The van der Waals surface area contributed by atoms with Crippen LogP contribution < -0.4 is 4.74 Å². The molecule has 1 rings (SSSR count). The van der Waals surface area contributed by atoms with E-state index in [4.69, 9.17) is 19.7 Å². The quantitative estimate of drug-likeness (QED) is 0.496. The maximum atomic E-state index is 12.8. The number of para-hydroxylation sites is 1. The number of aliphatic carboxylic acids is 1.